The molecule has 0 unspecified atom stereocenters. The van der Waals surface area contributed by atoms with Gasteiger partial charge in [-0.3, -0.25) is 0 Å². The van der Waals surface area contributed by atoms with Crippen LogP contribution in [0.5, 0.6) is 0 Å². The van der Waals surface area contributed by atoms with Crippen molar-refractivity contribution in [3.63, 3.8) is 0 Å². The van der Waals surface area contributed by atoms with Crippen LogP contribution in [0.2, 0.25) is 0 Å². The van der Waals surface area contributed by atoms with Crippen molar-refractivity contribution in [2.75, 3.05) is 0 Å². The largest absolute Gasteiger partial charge is 0.473 e. The summed E-state index contributed by atoms with van der Waals surface area (Å²) in [7, 11) is 0. The fraction of sp³-hybridized carbons (Fsp3) is 0.667. The lowest BCUT2D eigenvalue weighted by Gasteiger charge is -2.12. The van der Waals surface area contributed by atoms with E-state index < -0.39 is 0 Å². The highest BCUT2D eigenvalue weighted by Crippen LogP contribution is 2.16. The van der Waals surface area contributed by atoms with Gasteiger partial charge in [0.05, 0.1) is 12.5 Å². The molecule has 0 aliphatic carbocycles. The van der Waals surface area contributed by atoms with Gasteiger partial charge in [0.1, 0.15) is 0 Å². The predicted octanol–water partition coefficient (Wildman–Crippen LogP) is 4.75. The van der Waals surface area contributed by atoms with E-state index in [2.05, 4.69) is 32.1 Å². The molecule has 1 aromatic heterocycles. The lowest BCUT2D eigenvalue weighted by atomic mass is 9.94. The van der Waals surface area contributed by atoms with Gasteiger partial charge >= 0.3 is 0 Å². The van der Waals surface area contributed by atoms with Crippen LogP contribution in [0.1, 0.15) is 48.0 Å². The van der Waals surface area contributed by atoms with E-state index >= 15 is 0 Å². The average Bonchev–Trinajstić information content (AvgIpc) is 2.64. The molecule has 1 rings (SSSR count). The quantitative estimate of drug-likeness (QED) is 0.567. The second kappa shape index (κ2) is 9.37. The first-order valence-electron chi connectivity index (χ1n) is 5.03. The molecular formula is C12H24O. The Morgan fingerprint density at radius 1 is 1.00 bits per heavy atom. The Balaban J connectivity index is 0. The van der Waals surface area contributed by atoms with E-state index in [1.54, 1.807) is 12.5 Å². The van der Waals surface area contributed by atoms with Gasteiger partial charge in [0.15, 0.2) is 0 Å². The van der Waals surface area contributed by atoms with Gasteiger partial charge in [-0.1, -0.05) is 48.0 Å². The summed E-state index contributed by atoms with van der Waals surface area (Å²) in [6, 6.07) is 3.67. The van der Waals surface area contributed by atoms with Gasteiger partial charge in [0.25, 0.3) is 0 Å². The lowest BCUT2D eigenvalue weighted by Crippen LogP contribution is -2.00. The fourth-order valence-corrected chi connectivity index (χ4v) is 0.227. The summed E-state index contributed by atoms with van der Waals surface area (Å²) in [5, 5.41) is 0. The third-order valence-electron chi connectivity index (χ3n) is 1.49. The average molecular weight is 184 g/mol. The van der Waals surface area contributed by atoms with Crippen LogP contribution >= 0.6 is 0 Å². The summed E-state index contributed by atoms with van der Waals surface area (Å²) in [4.78, 5) is 0. The topological polar surface area (TPSA) is 13.1 Å². The van der Waals surface area contributed by atoms with Crippen molar-refractivity contribution in [2.45, 2.75) is 48.0 Å². The van der Waals surface area contributed by atoms with Crippen molar-refractivity contribution in [1.29, 1.82) is 0 Å². The fourth-order valence-electron chi connectivity index (χ4n) is 0.227. The molecule has 0 bridgehead atoms. The Kier molecular flexibility index (Phi) is 10.7. The smallest absolute Gasteiger partial charge is 0.0902 e. The van der Waals surface area contributed by atoms with Crippen molar-refractivity contribution in [3.05, 3.63) is 24.7 Å². The summed E-state index contributed by atoms with van der Waals surface area (Å²) < 4.78 is 4.58. The number of hydrogen-bond acceptors (Lipinski definition) is 1. The molecular weight excluding hydrogens is 160 g/mol. The van der Waals surface area contributed by atoms with Crippen molar-refractivity contribution in [1.82, 2.24) is 0 Å². The van der Waals surface area contributed by atoms with Crippen LogP contribution in [0, 0.1) is 5.41 Å². The van der Waals surface area contributed by atoms with Gasteiger partial charge in [-0.2, -0.15) is 0 Å². The van der Waals surface area contributed by atoms with Crippen molar-refractivity contribution in [2.24, 2.45) is 5.41 Å². The summed E-state index contributed by atoms with van der Waals surface area (Å²) in [6.45, 7) is 12.9. The monoisotopic (exact) mass is 184 g/mol. The van der Waals surface area contributed by atoms with E-state index in [1.165, 1.54) is 6.42 Å². The zero-order valence-electron chi connectivity index (χ0n) is 9.92. The molecule has 0 atom stereocenters. The molecule has 1 aromatic rings. The van der Waals surface area contributed by atoms with E-state index in [0.717, 1.165) is 0 Å². The van der Waals surface area contributed by atoms with Crippen molar-refractivity contribution in [3.8, 4) is 0 Å². The molecule has 0 aromatic carbocycles. The molecule has 0 amide bonds. The standard InChI is InChI=1S/C6H14.C4H4O.C2H6/c1-5-6(2,3)4;1-2-4-5-3-1;1-2/h5H2,1-4H3;1-4H;1-2H3. The first-order chi connectivity index (χ1) is 6.06. The molecule has 0 aliphatic rings. The molecule has 0 fully saturated rings. The van der Waals surface area contributed by atoms with E-state index in [4.69, 9.17) is 0 Å². The summed E-state index contributed by atoms with van der Waals surface area (Å²) in [5.41, 5.74) is 0.542. The first kappa shape index (κ1) is 14.8. The predicted molar refractivity (Wildman–Crippen MR) is 59.8 cm³/mol. The highest BCUT2D eigenvalue weighted by molar-refractivity contribution is 4.79. The molecule has 0 aliphatic heterocycles. The second-order valence-corrected chi connectivity index (χ2v) is 3.71. The number of rotatable bonds is 0. The first-order valence-corrected chi connectivity index (χ1v) is 5.03. The molecule has 1 heterocycles. The van der Waals surface area contributed by atoms with Crippen LogP contribution in [0.4, 0.5) is 0 Å². The Morgan fingerprint density at radius 2 is 1.31 bits per heavy atom. The summed E-state index contributed by atoms with van der Waals surface area (Å²) >= 11 is 0. The maximum atomic E-state index is 4.58. The second-order valence-electron chi connectivity index (χ2n) is 3.71. The van der Waals surface area contributed by atoms with E-state index in [-0.39, 0.29) is 0 Å². The van der Waals surface area contributed by atoms with Crippen LogP contribution in [0.3, 0.4) is 0 Å². The molecule has 0 N–H and O–H groups in total. The number of furan rings is 1. The third-order valence-corrected chi connectivity index (χ3v) is 1.49. The maximum Gasteiger partial charge on any atom is 0.0902 e. The highest BCUT2D eigenvalue weighted by atomic mass is 16.3. The van der Waals surface area contributed by atoms with Crippen LogP contribution in [0.15, 0.2) is 29.1 Å². The van der Waals surface area contributed by atoms with Gasteiger partial charge in [-0.05, 0) is 17.5 Å². The Hall–Kier alpha value is -0.720. The van der Waals surface area contributed by atoms with Gasteiger partial charge in [0.2, 0.25) is 0 Å². The maximum absolute atomic E-state index is 4.58. The highest BCUT2D eigenvalue weighted by Gasteiger charge is 2.03. The molecule has 0 radical (unpaired) electrons. The number of hydrogen-bond donors (Lipinski definition) is 0. The zero-order chi connectivity index (χ0) is 10.7. The normalized spacial score (nSPS) is 9.08. The van der Waals surface area contributed by atoms with Crippen LogP contribution in [-0.2, 0) is 0 Å². The molecule has 0 saturated carbocycles. The third kappa shape index (κ3) is 18.3. The zero-order valence-corrected chi connectivity index (χ0v) is 9.92. The van der Waals surface area contributed by atoms with Gasteiger partial charge in [-0.25, -0.2) is 0 Å². The lowest BCUT2D eigenvalue weighted by molar-refractivity contribution is 0.398. The Labute approximate surface area is 83.2 Å². The Bertz CT molecular complexity index is 129. The van der Waals surface area contributed by atoms with Crippen LogP contribution in [-0.4, -0.2) is 0 Å². The molecule has 13 heavy (non-hydrogen) atoms. The van der Waals surface area contributed by atoms with Gasteiger partial charge < -0.3 is 4.42 Å². The minimum Gasteiger partial charge on any atom is -0.473 e. The van der Waals surface area contributed by atoms with E-state index in [9.17, 15) is 0 Å². The molecule has 1 heteroatoms. The van der Waals surface area contributed by atoms with Crippen LogP contribution < -0.4 is 0 Å². The molecule has 78 valence electrons. The van der Waals surface area contributed by atoms with Gasteiger partial charge in [-0.15, -0.1) is 0 Å². The minimum atomic E-state index is 0.542. The van der Waals surface area contributed by atoms with Crippen molar-refractivity contribution >= 4 is 0 Å². The summed E-state index contributed by atoms with van der Waals surface area (Å²) in [5.74, 6) is 0. The van der Waals surface area contributed by atoms with E-state index in [1.807, 2.05) is 26.0 Å². The summed E-state index contributed by atoms with van der Waals surface area (Å²) in [6.07, 6.45) is 4.52. The van der Waals surface area contributed by atoms with Gasteiger partial charge in [0, 0.05) is 0 Å². The van der Waals surface area contributed by atoms with E-state index in [0.29, 0.717) is 5.41 Å². The molecule has 0 saturated heterocycles. The molecule has 0 spiro atoms. The minimum absolute atomic E-state index is 0.542. The SMILES string of the molecule is CC.CCC(C)(C)C.c1ccoc1. The Morgan fingerprint density at radius 3 is 1.38 bits per heavy atom. The van der Waals surface area contributed by atoms with Crippen LogP contribution in [0.25, 0.3) is 0 Å². The molecule has 1 nitrogen and oxygen atoms in total. The van der Waals surface area contributed by atoms with Crippen molar-refractivity contribution < 1.29 is 4.42 Å².